The molecule has 0 saturated heterocycles. The summed E-state index contributed by atoms with van der Waals surface area (Å²) in [6, 6.07) is 18.8. The number of hydrogen-bond acceptors (Lipinski definition) is 2. The summed E-state index contributed by atoms with van der Waals surface area (Å²) in [5.74, 6) is 2.79. The summed E-state index contributed by atoms with van der Waals surface area (Å²) >= 11 is 0. The molecule has 0 atom stereocenters. The van der Waals surface area contributed by atoms with Gasteiger partial charge in [0.05, 0.1) is 0 Å². The number of ether oxygens (including phenoxy) is 1. The SMILES string of the molecule is CC(C)(C)[Si](C)(C)Oc1ccc2c3c(cccc13)Oc1ccccc1-2. The number of benzene rings is 3. The van der Waals surface area contributed by atoms with E-state index in [4.69, 9.17) is 9.16 Å². The van der Waals surface area contributed by atoms with E-state index in [9.17, 15) is 0 Å². The monoisotopic (exact) mass is 348 g/mol. The summed E-state index contributed by atoms with van der Waals surface area (Å²) in [4.78, 5) is 0. The van der Waals surface area contributed by atoms with Crippen molar-refractivity contribution in [2.24, 2.45) is 0 Å². The molecule has 1 aliphatic heterocycles. The Morgan fingerprint density at radius 2 is 1.52 bits per heavy atom. The number of para-hydroxylation sites is 1. The van der Waals surface area contributed by atoms with Gasteiger partial charge >= 0.3 is 0 Å². The van der Waals surface area contributed by atoms with Crippen LogP contribution in [0.1, 0.15) is 20.8 Å². The van der Waals surface area contributed by atoms with Crippen LogP contribution in [0.3, 0.4) is 0 Å². The molecule has 0 fully saturated rings. The van der Waals surface area contributed by atoms with Crippen LogP contribution in [-0.4, -0.2) is 8.32 Å². The van der Waals surface area contributed by atoms with Crippen LogP contribution in [0.15, 0.2) is 54.6 Å². The molecular weight excluding hydrogens is 324 g/mol. The van der Waals surface area contributed by atoms with E-state index in [1.54, 1.807) is 0 Å². The van der Waals surface area contributed by atoms with Crippen LogP contribution in [0.4, 0.5) is 0 Å². The minimum Gasteiger partial charge on any atom is -0.543 e. The summed E-state index contributed by atoms with van der Waals surface area (Å²) in [5, 5.41) is 2.45. The van der Waals surface area contributed by atoms with Crippen LogP contribution in [0.25, 0.3) is 21.9 Å². The molecule has 128 valence electrons. The predicted octanol–water partition coefficient (Wildman–Crippen LogP) is 7.00. The predicted molar refractivity (Wildman–Crippen MR) is 107 cm³/mol. The van der Waals surface area contributed by atoms with E-state index in [-0.39, 0.29) is 5.04 Å². The van der Waals surface area contributed by atoms with Crippen LogP contribution >= 0.6 is 0 Å². The van der Waals surface area contributed by atoms with Gasteiger partial charge in [-0.2, -0.15) is 0 Å². The van der Waals surface area contributed by atoms with Crippen molar-refractivity contribution in [1.29, 1.82) is 0 Å². The highest BCUT2D eigenvalue weighted by molar-refractivity contribution is 6.74. The van der Waals surface area contributed by atoms with E-state index < -0.39 is 8.32 Å². The van der Waals surface area contributed by atoms with Gasteiger partial charge in [0, 0.05) is 16.3 Å². The fraction of sp³-hybridized carbons (Fsp3) is 0.273. The molecule has 4 rings (SSSR count). The molecule has 0 amide bonds. The van der Waals surface area contributed by atoms with Gasteiger partial charge in [-0.05, 0) is 48.0 Å². The quantitative estimate of drug-likeness (QED) is 0.363. The van der Waals surface area contributed by atoms with Crippen LogP contribution in [0, 0.1) is 0 Å². The molecule has 3 aromatic rings. The molecule has 0 spiro atoms. The van der Waals surface area contributed by atoms with Crippen molar-refractivity contribution < 1.29 is 9.16 Å². The van der Waals surface area contributed by atoms with Crippen molar-refractivity contribution in [3.05, 3.63) is 54.6 Å². The van der Waals surface area contributed by atoms with Gasteiger partial charge in [-0.3, -0.25) is 0 Å². The average molecular weight is 349 g/mol. The molecule has 3 heteroatoms. The zero-order chi connectivity index (χ0) is 17.8. The molecule has 0 saturated carbocycles. The van der Waals surface area contributed by atoms with Crippen molar-refractivity contribution >= 4 is 19.1 Å². The van der Waals surface area contributed by atoms with Gasteiger partial charge in [-0.15, -0.1) is 0 Å². The fourth-order valence-electron chi connectivity index (χ4n) is 3.07. The first-order valence-corrected chi connectivity index (χ1v) is 11.7. The molecule has 25 heavy (non-hydrogen) atoms. The average Bonchev–Trinajstić information content (AvgIpc) is 2.55. The molecular formula is C22H24O2Si. The zero-order valence-electron chi connectivity index (χ0n) is 15.5. The lowest BCUT2D eigenvalue weighted by atomic mass is 9.94. The van der Waals surface area contributed by atoms with Gasteiger partial charge in [0.1, 0.15) is 17.2 Å². The van der Waals surface area contributed by atoms with Gasteiger partial charge in [0.2, 0.25) is 0 Å². The Morgan fingerprint density at radius 3 is 2.28 bits per heavy atom. The highest BCUT2D eigenvalue weighted by atomic mass is 28.4. The summed E-state index contributed by atoms with van der Waals surface area (Å²) in [6.07, 6.45) is 0. The van der Waals surface area contributed by atoms with Gasteiger partial charge in [0.15, 0.2) is 0 Å². The van der Waals surface area contributed by atoms with Gasteiger partial charge in [-0.1, -0.05) is 51.1 Å². The Hall–Kier alpha value is -2.26. The largest absolute Gasteiger partial charge is 0.543 e. The summed E-state index contributed by atoms with van der Waals surface area (Å²) < 4.78 is 12.8. The third-order valence-electron chi connectivity index (χ3n) is 5.53. The molecule has 3 aromatic carbocycles. The minimum absolute atomic E-state index is 0.162. The lowest BCUT2D eigenvalue weighted by molar-refractivity contribution is 0.484. The van der Waals surface area contributed by atoms with E-state index >= 15 is 0 Å². The van der Waals surface area contributed by atoms with Crippen molar-refractivity contribution in [3.63, 3.8) is 0 Å². The Labute approximate surface area is 150 Å². The molecule has 1 aliphatic rings. The van der Waals surface area contributed by atoms with Crippen molar-refractivity contribution in [2.45, 2.75) is 38.9 Å². The zero-order valence-corrected chi connectivity index (χ0v) is 16.5. The smallest absolute Gasteiger partial charge is 0.250 e. The fourth-order valence-corrected chi connectivity index (χ4v) is 4.10. The molecule has 0 radical (unpaired) electrons. The normalized spacial score (nSPS) is 13.3. The van der Waals surface area contributed by atoms with Crippen LogP contribution in [0.5, 0.6) is 17.2 Å². The molecule has 0 aromatic heterocycles. The maximum absolute atomic E-state index is 6.63. The van der Waals surface area contributed by atoms with E-state index in [1.807, 2.05) is 24.3 Å². The highest BCUT2D eigenvalue weighted by Gasteiger charge is 2.39. The number of fused-ring (bicyclic) bond motifs is 2. The lowest BCUT2D eigenvalue weighted by Gasteiger charge is -2.37. The Morgan fingerprint density at radius 1 is 0.800 bits per heavy atom. The summed E-state index contributed by atoms with van der Waals surface area (Å²) in [6.45, 7) is 11.4. The van der Waals surface area contributed by atoms with Crippen molar-refractivity contribution in [1.82, 2.24) is 0 Å². The first-order valence-electron chi connectivity index (χ1n) is 8.80. The molecule has 0 unspecified atom stereocenters. The molecule has 0 bridgehead atoms. The van der Waals surface area contributed by atoms with Crippen molar-refractivity contribution in [2.75, 3.05) is 0 Å². The standard InChI is InChI=1S/C22H24O2Si/c1-22(2,3)25(4,5)24-19-14-13-16-15-9-6-7-11-18(15)23-20-12-8-10-17(19)21(16)20/h6-14H,1-5H3. The van der Waals surface area contributed by atoms with E-state index in [0.29, 0.717) is 0 Å². The topological polar surface area (TPSA) is 18.5 Å². The van der Waals surface area contributed by atoms with E-state index in [0.717, 1.165) is 33.6 Å². The first-order chi connectivity index (χ1) is 11.8. The number of hydrogen-bond donors (Lipinski definition) is 0. The second kappa shape index (κ2) is 5.37. The second-order valence-corrected chi connectivity index (χ2v) is 13.0. The maximum atomic E-state index is 6.63. The molecule has 0 N–H and O–H groups in total. The highest BCUT2D eigenvalue weighted by Crippen LogP contribution is 2.49. The van der Waals surface area contributed by atoms with E-state index in [2.05, 4.69) is 64.2 Å². The van der Waals surface area contributed by atoms with Crippen LogP contribution in [0.2, 0.25) is 18.1 Å². The first kappa shape index (κ1) is 16.2. The number of rotatable bonds is 2. The third kappa shape index (κ3) is 2.54. The van der Waals surface area contributed by atoms with Gasteiger partial charge < -0.3 is 9.16 Å². The Bertz CT molecular complexity index is 967. The Balaban J connectivity index is 1.92. The molecule has 0 aliphatic carbocycles. The van der Waals surface area contributed by atoms with Gasteiger partial charge in [-0.25, -0.2) is 0 Å². The maximum Gasteiger partial charge on any atom is 0.250 e. The molecule has 2 nitrogen and oxygen atoms in total. The second-order valence-electron chi connectivity index (χ2n) is 8.25. The summed E-state index contributed by atoms with van der Waals surface area (Å²) in [7, 11) is -1.90. The minimum atomic E-state index is -1.90. The van der Waals surface area contributed by atoms with E-state index in [1.165, 1.54) is 5.56 Å². The lowest BCUT2D eigenvalue weighted by Crippen LogP contribution is -2.43. The van der Waals surface area contributed by atoms with Gasteiger partial charge in [0.25, 0.3) is 8.32 Å². The van der Waals surface area contributed by atoms with Crippen LogP contribution < -0.4 is 9.16 Å². The third-order valence-corrected chi connectivity index (χ3v) is 9.87. The Kier molecular flexibility index (Phi) is 3.48. The molecule has 1 heterocycles. The summed E-state index contributed by atoms with van der Waals surface area (Å²) in [5.41, 5.74) is 2.36. The van der Waals surface area contributed by atoms with Crippen LogP contribution in [-0.2, 0) is 0 Å². The van der Waals surface area contributed by atoms with Crippen molar-refractivity contribution in [3.8, 4) is 28.4 Å².